The Kier molecular flexibility index (Phi) is 4.97. The van der Waals surface area contributed by atoms with Crippen molar-refractivity contribution in [3.63, 3.8) is 0 Å². The van der Waals surface area contributed by atoms with Gasteiger partial charge in [0.2, 0.25) is 0 Å². The number of halogens is 3. The van der Waals surface area contributed by atoms with Crippen molar-refractivity contribution in [2.45, 2.75) is 26.3 Å². The van der Waals surface area contributed by atoms with Gasteiger partial charge in [0, 0.05) is 24.1 Å². The number of hydrogen-bond acceptors (Lipinski definition) is 5. The molecule has 156 valence electrons. The Labute approximate surface area is 170 Å². The Hall–Kier alpha value is -3.36. The molecule has 1 unspecified atom stereocenters. The summed E-state index contributed by atoms with van der Waals surface area (Å²) in [4.78, 5) is 22.3. The topological polar surface area (TPSA) is 67.4 Å². The molecule has 0 fully saturated rings. The summed E-state index contributed by atoms with van der Waals surface area (Å²) in [5.41, 5.74) is 0.607. The third-order valence-electron chi connectivity index (χ3n) is 5.09. The quantitative estimate of drug-likeness (QED) is 0.676. The second-order valence-corrected chi connectivity index (χ2v) is 7.12. The number of alkyl halides is 2. The van der Waals surface area contributed by atoms with Crippen molar-refractivity contribution in [1.29, 1.82) is 0 Å². The number of anilines is 2. The monoisotopic (exact) mass is 416 g/mol. The van der Waals surface area contributed by atoms with Gasteiger partial charge in [-0.2, -0.15) is 0 Å². The first kappa shape index (κ1) is 19.9. The number of carbonyl (C=O) groups is 1. The minimum absolute atomic E-state index is 0.0546. The van der Waals surface area contributed by atoms with E-state index in [0.29, 0.717) is 34.0 Å². The van der Waals surface area contributed by atoms with Crippen LogP contribution in [0.25, 0.3) is 10.9 Å². The molecule has 0 radical (unpaired) electrons. The molecule has 1 N–H and O–H groups in total. The molecular weight excluding hydrogens is 397 g/mol. The molecule has 3 aromatic rings. The summed E-state index contributed by atoms with van der Waals surface area (Å²) in [5, 5.41) is 3.70. The SMILES string of the molecule is Cc1nc(NC(C)c2cccc(C(F)F)c2F)c2cc3c(cc2n1)OCC(=O)N3C. The second-order valence-electron chi connectivity index (χ2n) is 7.12. The number of benzene rings is 2. The van der Waals surface area contributed by atoms with Gasteiger partial charge in [-0.15, -0.1) is 0 Å². The lowest BCUT2D eigenvalue weighted by atomic mass is 10.0. The van der Waals surface area contributed by atoms with Crippen LogP contribution >= 0.6 is 0 Å². The molecule has 9 heteroatoms. The molecule has 0 spiro atoms. The number of aryl methyl sites for hydroxylation is 1. The maximum Gasteiger partial charge on any atom is 0.266 e. The number of nitrogens with one attached hydrogen (secondary N) is 1. The van der Waals surface area contributed by atoms with Crippen molar-refractivity contribution in [2.24, 2.45) is 0 Å². The van der Waals surface area contributed by atoms with Gasteiger partial charge in [-0.1, -0.05) is 18.2 Å². The van der Waals surface area contributed by atoms with E-state index in [-0.39, 0.29) is 18.1 Å². The molecule has 0 saturated heterocycles. The van der Waals surface area contributed by atoms with E-state index in [1.165, 1.54) is 17.0 Å². The fourth-order valence-electron chi connectivity index (χ4n) is 3.47. The Morgan fingerprint density at radius 3 is 2.67 bits per heavy atom. The van der Waals surface area contributed by atoms with Gasteiger partial charge in [-0.05, 0) is 19.9 Å². The van der Waals surface area contributed by atoms with Crippen LogP contribution in [0.5, 0.6) is 5.75 Å². The zero-order valence-electron chi connectivity index (χ0n) is 16.5. The normalized spacial score (nSPS) is 14.6. The number of ether oxygens (including phenoxy) is 1. The van der Waals surface area contributed by atoms with Gasteiger partial charge >= 0.3 is 0 Å². The summed E-state index contributed by atoms with van der Waals surface area (Å²) in [7, 11) is 1.64. The molecule has 1 aliphatic heterocycles. The second kappa shape index (κ2) is 7.47. The number of hydrogen-bond donors (Lipinski definition) is 1. The summed E-state index contributed by atoms with van der Waals surface area (Å²) >= 11 is 0. The highest BCUT2D eigenvalue weighted by molar-refractivity contribution is 6.02. The van der Waals surface area contributed by atoms with E-state index in [4.69, 9.17) is 4.74 Å². The van der Waals surface area contributed by atoms with Gasteiger partial charge < -0.3 is 15.0 Å². The van der Waals surface area contributed by atoms with E-state index in [1.807, 2.05) is 0 Å². The number of fused-ring (bicyclic) bond motifs is 2. The van der Waals surface area contributed by atoms with Crippen LogP contribution in [0.2, 0.25) is 0 Å². The molecule has 4 rings (SSSR count). The van der Waals surface area contributed by atoms with Crippen LogP contribution in [0, 0.1) is 12.7 Å². The molecule has 1 aromatic heterocycles. The van der Waals surface area contributed by atoms with E-state index in [0.717, 1.165) is 6.07 Å². The summed E-state index contributed by atoms with van der Waals surface area (Å²) in [6, 6.07) is 6.72. The molecule has 2 heterocycles. The maximum absolute atomic E-state index is 14.6. The molecule has 6 nitrogen and oxygen atoms in total. The summed E-state index contributed by atoms with van der Waals surface area (Å²) in [5.74, 6) is 0.264. The van der Waals surface area contributed by atoms with E-state index in [2.05, 4.69) is 15.3 Å². The first-order valence-corrected chi connectivity index (χ1v) is 9.31. The van der Waals surface area contributed by atoms with Gasteiger partial charge in [0.05, 0.1) is 22.8 Å². The van der Waals surface area contributed by atoms with Gasteiger partial charge in [0.1, 0.15) is 23.2 Å². The third-order valence-corrected chi connectivity index (χ3v) is 5.09. The number of nitrogens with zero attached hydrogens (tertiary/aromatic N) is 3. The number of likely N-dealkylation sites (N-methyl/N-ethyl adjacent to an activating group) is 1. The Morgan fingerprint density at radius 1 is 1.20 bits per heavy atom. The number of carbonyl (C=O) groups excluding carboxylic acids is 1. The molecule has 1 amide bonds. The van der Waals surface area contributed by atoms with Crippen molar-refractivity contribution in [1.82, 2.24) is 9.97 Å². The predicted octanol–water partition coefficient (Wildman–Crippen LogP) is 4.54. The molecule has 0 aliphatic carbocycles. The standard InChI is InChI=1S/C21H19F3N4O2/c1-10(12-5-4-6-13(19(12)22)20(23)24)25-21-14-7-16-17(30-9-18(29)28(16)3)8-15(14)26-11(2)27-21/h4-8,10,20H,9H2,1-3H3,(H,25,26,27). The van der Waals surface area contributed by atoms with Crippen LogP contribution in [-0.4, -0.2) is 29.5 Å². The maximum atomic E-state index is 14.6. The lowest BCUT2D eigenvalue weighted by Crippen LogP contribution is -2.35. The first-order valence-electron chi connectivity index (χ1n) is 9.31. The largest absolute Gasteiger partial charge is 0.481 e. The van der Waals surface area contributed by atoms with Gasteiger partial charge in [-0.25, -0.2) is 23.1 Å². The number of aromatic nitrogens is 2. The van der Waals surface area contributed by atoms with Gasteiger partial charge in [0.25, 0.3) is 12.3 Å². The lowest BCUT2D eigenvalue weighted by molar-refractivity contribution is -0.120. The van der Waals surface area contributed by atoms with Crippen LogP contribution in [0.15, 0.2) is 30.3 Å². The van der Waals surface area contributed by atoms with E-state index in [1.54, 1.807) is 33.0 Å². The van der Waals surface area contributed by atoms with E-state index in [9.17, 15) is 18.0 Å². The molecule has 1 atom stereocenters. The predicted molar refractivity (Wildman–Crippen MR) is 107 cm³/mol. The summed E-state index contributed by atoms with van der Waals surface area (Å²) < 4.78 is 46.2. The molecule has 0 bridgehead atoms. The van der Waals surface area contributed by atoms with Gasteiger partial charge in [-0.3, -0.25) is 4.79 Å². The van der Waals surface area contributed by atoms with Crippen molar-refractivity contribution in [3.8, 4) is 5.75 Å². The smallest absolute Gasteiger partial charge is 0.266 e. The fraction of sp³-hybridized carbons (Fsp3) is 0.286. The molecule has 0 saturated carbocycles. The highest BCUT2D eigenvalue weighted by atomic mass is 19.3. The minimum atomic E-state index is -2.90. The van der Waals surface area contributed by atoms with Crippen LogP contribution in [0.4, 0.5) is 24.7 Å². The summed E-state index contributed by atoms with van der Waals surface area (Å²) in [6.07, 6.45) is -2.90. The molecular formula is C21H19F3N4O2. The minimum Gasteiger partial charge on any atom is -0.481 e. The number of rotatable bonds is 4. The molecule has 1 aliphatic rings. The number of amides is 1. The fourth-order valence-corrected chi connectivity index (χ4v) is 3.47. The third kappa shape index (κ3) is 3.40. The van der Waals surface area contributed by atoms with Crippen molar-refractivity contribution in [2.75, 3.05) is 23.9 Å². The van der Waals surface area contributed by atoms with Gasteiger partial charge in [0.15, 0.2) is 6.61 Å². The van der Waals surface area contributed by atoms with E-state index >= 15 is 0 Å². The Morgan fingerprint density at radius 2 is 1.93 bits per heavy atom. The first-order chi connectivity index (χ1) is 14.3. The van der Waals surface area contributed by atoms with Crippen LogP contribution in [-0.2, 0) is 4.79 Å². The van der Waals surface area contributed by atoms with Crippen LogP contribution < -0.4 is 15.0 Å². The Bertz CT molecular complexity index is 1150. The van der Waals surface area contributed by atoms with Crippen molar-refractivity contribution >= 4 is 28.3 Å². The molecule has 30 heavy (non-hydrogen) atoms. The van der Waals surface area contributed by atoms with Crippen LogP contribution in [0.1, 0.15) is 36.3 Å². The zero-order chi connectivity index (χ0) is 21.6. The Balaban J connectivity index is 1.78. The van der Waals surface area contributed by atoms with Crippen molar-refractivity contribution < 1.29 is 22.7 Å². The van der Waals surface area contributed by atoms with Crippen LogP contribution in [0.3, 0.4) is 0 Å². The highest BCUT2D eigenvalue weighted by Crippen LogP contribution is 2.38. The average molecular weight is 416 g/mol. The van der Waals surface area contributed by atoms with E-state index < -0.39 is 23.8 Å². The van der Waals surface area contributed by atoms with Crippen molar-refractivity contribution in [3.05, 3.63) is 53.1 Å². The highest BCUT2D eigenvalue weighted by Gasteiger charge is 2.25. The zero-order valence-corrected chi connectivity index (χ0v) is 16.5. The summed E-state index contributed by atoms with van der Waals surface area (Å²) in [6.45, 7) is 3.32. The lowest BCUT2D eigenvalue weighted by Gasteiger charge is -2.26. The molecule has 2 aromatic carbocycles. The average Bonchev–Trinajstić information content (AvgIpc) is 2.69.